The zero-order valence-corrected chi connectivity index (χ0v) is 13.8. The first-order chi connectivity index (χ1) is 9.05. The molecular formula is C15H31N3O2. The van der Waals surface area contributed by atoms with Crippen LogP contribution in [0.1, 0.15) is 47.5 Å². The Morgan fingerprint density at radius 1 is 1.25 bits per heavy atom. The van der Waals surface area contributed by atoms with Crippen LogP contribution in [0.5, 0.6) is 0 Å². The molecule has 1 atom stereocenters. The topological polar surface area (TPSA) is 75.4 Å². The van der Waals surface area contributed by atoms with E-state index in [0.29, 0.717) is 18.9 Å². The number of nitrogens with one attached hydrogen (secondary N) is 1. The van der Waals surface area contributed by atoms with Crippen LogP contribution in [0, 0.1) is 11.8 Å². The lowest BCUT2D eigenvalue weighted by Gasteiger charge is -2.24. The second-order valence-electron chi connectivity index (χ2n) is 6.98. The van der Waals surface area contributed by atoms with E-state index in [2.05, 4.69) is 19.2 Å². The van der Waals surface area contributed by atoms with Crippen LogP contribution in [0.15, 0.2) is 0 Å². The smallest absolute Gasteiger partial charge is 0.240 e. The van der Waals surface area contributed by atoms with Crippen LogP contribution in [0.25, 0.3) is 0 Å². The molecule has 0 bridgehead atoms. The van der Waals surface area contributed by atoms with Gasteiger partial charge in [0, 0.05) is 19.0 Å². The Bertz CT molecular complexity index is 322. The van der Waals surface area contributed by atoms with Crippen molar-refractivity contribution in [2.75, 3.05) is 20.1 Å². The van der Waals surface area contributed by atoms with Gasteiger partial charge in [0.05, 0.1) is 6.54 Å². The summed E-state index contributed by atoms with van der Waals surface area (Å²) in [5.74, 6) is 0.549. The van der Waals surface area contributed by atoms with Crippen LogP contribution in [0.2, 0.25) is 0 Å². The highest BCUT2D eigenvalue weighted by Gasteiger charge is 2.20. The van der Waals surface area contributed by atoms with Crippen LogP contribution in [0.3, 0.4) is 0 Å². The SMILES string of the molecule is CC(C)C[C@H](CN)CC(=O)N(C)CC(=O)NC(C)(C)C. The molecule has 118 valence electrons. The largest absolute Gasteiger partial charge is 0.350 e. The Morgan fingerprint density at radius 3 is 2.20 bits per heavy atom. The molecule has 5 heteroatoms. The number of nitrogens with zero attached hydrogens (tertiary/aromatic N) is 1. The maximum absolute atomic E-state index is 12.1. The van der Waals surface area contributed by atoms with E-state index in [1.807, 2.05) is 20.8 Å². The summed E-state index contributed by atoms with van der Waals surface area (Å²) in [6, 6.07) is 0. The first-order valence-electron chi connectivity index (χ1n) is 7.30. The molecule has 0 radical (unpaired) electrons. The van der Waals surface area contributed by atoms with Crippen molar-refractivity contribution < 1.29 is 9.59 Å². The van der Waals surface area contributed by atoms with Gasteiger partial charge in [-0.1, -0.05) is 13.8 Å². The lowest BCUT2D eigenvalue weighted by Crippen LogP contribution is -2.46. The highest BCUT2D eigenvalue weighted by molar-refractivity contribution is 5.85. The number of amides is 2. The molecule has 2 amide bonds. The van der Waals surface area contributed by atoms with Crippen molar-refractivity contribution in [2.45, 2.75) is 53.0 Å². The number of hydrogen-bond donors (Lipinski definition) is 2. The average molecular weight is 285 g/mol. The Hall–Kier alpha value is -1.10. The lowest BCUT2D eigenvalue weighted by molar-refractivity contribution is -0.136. The fourth-order valence-electron chi connectivity index (χ4n) is 2.09. The van der Waals surface area contributed by atoms with E-state index < -0.39 is 0 Å². The summed E-state index contributed by atoms with van der Waals surface area (Å²) in [6.45, 7) is 10.6. The third-order valence-corrected chi connectivity index (χ3v) is 2.92. The first kappa shape index (κ1) is 18.9. The van der Waals surface area contributed by atoms with E-state index in [1.54, 1.807) is 7.05 Å². The minimum absolute atomic E-state index is 0.0230. The standard InChI is InChI=1S/C15H31N3O2/c1-11(2)7-12(9-16)8-14(20)18(6)10-13(19)17-15(3,4)5/h11-12H,7-10,16H2,1-6H3,(H,17,19)/t12-/m0/s1. The molecule has 0 fully saturated rings. The quantitative estimate of drug-likeness (QED) is 0.742. The molecule has 0 spiro atoms. The Labute approximate surface area is 123 Å². The molecule has 0 rings (SSSR count). The molecule has 0 aromatic carbocycles. The third-order valence-electron chi connectivity index (χ3n) is 2.92. The molecule has 0 unspecified atom stereocenters. The number of nitrogens with two attached hydrogens (primary N) is 1. The lowest BCUT2D eigenvalue weighted by atomic mass is 9.94. The van der Waals surface area contributed by atoms with Gasteiger partial charge in [-0.2, -0.15) is 0 Å². The predicted molar refractivity (Wildman–Crippen MR) is 82.1 cm³/mol. The molecule has 5 nitrogen and oxygen atoms in total. The Morgan fingerprint density at radius 2 is 1.80 bits per heavy atom. The van der Waals surface area contributed by atoms with Gasteiger partial charge in [0.1, 0.15) is 0 Å². The summed E-state index contributed by atoms with van der Waals surface area (Å²) in [5, 5.41) is 2.85. The van der Waals surface area contributed by atoms with Gasteiger partial charge >= 0.3 is 0 Å². The molecule has 3 N–H and O–H groups in total. The molecule has 0 aliphatic rings. The van der Waals surface area contributed by atoms with Crippen molar-refractivity contribution in [1.82, 2.24) is 10.2 Å². The van der Waals surface area contributed by atoms with E-state index in [0.717, 1.165) is 6.42 Å². The molecule has 0 aliphatic heterocycles. The normalized spacial score (nSPS) is 13.2. The zero-order valence-electron chi connectivity index (χ0n) is 13.8. The van der Waals surface area contributed by atoms with Crippen molar-refractivity contribution >= 4 is 11.8 Å². The van der Waals surface area contributed by atoms with Crippen LogP contribution in [-0.2, 0) is 9.59 Å². The van der Waals surface area contributed by atoms with E-state index in [9.17, 15) is 9.59 Å². The van der Waals surface area contributed by atoms with Gasteiger partial charge in [0.2, 0.25) is 11.8 Å². The molecule has 0 aromatic heterocycles. The van der Waals surface area contributed by atoms with Gasteiger partial charge in [0.25, 0.3) is 0 Å². The van der Waals surface area contributed by atoms with Crippen LogP contribution in [0.4, 0.5) is 0 Å². The fraction of sp³-hybridized carbons (Fsp3) is 0.867. The van der Waals surface area contributed by atoms with Crippen molar-refractivity contribution in [3.8, 4) is 0 Å². The van der Waals surface area contributed by atoms with Crippen molar-refractivity contribution in [2.24, 2.45) is 17.6 Å². The molecular weight excluding hydrogens is 254 g/mol. The number of carbonyl (C=O) groups excluding carboxylic acids is 2. The van der Waals surface area contributed by atoms with E-state index in [1.165, 1.54) is 4.90 Å². The summed E-state index contributed by atoms with van der Waals surface area (Å²) in [6.07, 6.45) is 1.35. The maximum Gasteiger partial charge on any atom is 0.240 e. The highest BCUT2D eigenvalue weighted by Crippen LogP contribution is 2.15. The van der Waals surface area contributed by atoms with Gasteiger partial charge in [-0.3, -0.25) is 9.59 Å². The van der Waals surface area contributed by atoms with E-state index in [-0.39, 0.29) is 29.8 Å². The number of rotatable bonds is 7. The summed E-state index contributed by atoms with van der Waals surface area (Å²) >= 11 is 0. The molecule has 0 aliphatic carbocycles. The second-order valence-corrected chi connectivity index (χ2v) is 6.98. The second kappa shape index (κ2) is 8.25. The Kier molecular flexibility index (Phi) is 7.79. The van der Waals surface area contributed by atoms with Crippen LogP contribution < -0.4 is 11.1 Å². The minimum atomic E-state index is -0.279. The third kappa shape index (κ3) is 8.91. The first-order valence-corrected chi connectivity index (χ1v) is 7.30. The fourth-order valence-corrected chi connectivity index (χ4v) is 2.09. The number of likely N-dealkylation sites (N-methyl/N-ethyl adjacent to an activating group) is 1. The van der Waals surface area contributed by atoms with E-state index in [4.69, 9.17) is 5.73 Å². The minimum Gasteiger partial charge on any atom is -0.350 e. The van der Waals surface area contributed by atoms with E-state index >= 15 is 0 Å². The van der Waals surface area contributed by atoms with Gasteiger partial charge in [0.15, 0.2) is 0 Å². The van der Waals surface area contributed by atoms with Crippen molar-refractivity contribution in [1.29, 1.82) is 0 Å². The maximum atomic E-state index is 12.1. The highest BCUT2D eigenvalue weighted by atomic mass is 16.2. The average Bonchev–Trinajstić information content (AvgIpc) is 2.24. The monoisotopic (exact) mass is 285 g/mol. The van der Waals surface area contributed by atoms with Gasteiger partial charge in [-0.15, -0.1) is 0 Å². The van der Waals surface area contributed by atoms with Crippen molar-refractivity contribution in [3.05, 3.63) is 0 Å². The number of hydrogen-bond acceptors (Lipinski definition) is 3. The zero-order chi connectivity index (χ0) is 15.9. The van der Waals surface area contributed by atoms with Crippen LogP contribution >= 0.6 is 0 Å². The van der Waals surface area contributed by atoms with Crippen LogP contribution in [-0.4, -0.2) is 42.4 Å². The summed E-state index contributed by atoms with van der Waals surface area (Å²) in [4.78, 5) is 25.3. The summed E-state index contributed by atoms with van der Waals surface area (Å²) in [7, 11) is 1.66. The summed E-state index contributed by atoms with van der Waals surface area (Å²) in [5.41, 5.74) is 5.42. The molecule has 0 heterocycles. The molecule has 0 saturated carbocycles. The molecule has 0 saturated heterocycles. The van der Waals surface area contributed by atoms with Gasteiger partial charge in [-0.25, -0.2) is 0 Å². The summed E-state index contributed by atoms with van der Waals surface area (Å²) < 4.78 is 0. The van der Waals surface area contributed by atoms with Gasteiger partial charge in [-0.05, 0) is 45.6 Å². The van der Waals surface area contributed by atoms with Gasteiger partial charge < -0.3 is 16.0 Å². The van der Waals surface area contributed by atoms with Crippen molar-refractivity contribution in [3.63, 3.8) is 0 Å². The molecule has 20 heavy (non-hydrogen) atoms. The predicted octanol–water partition coefficient (Wildman–Crippen LogP) is 1.37. The number of carbonyl (C=O) groups is 2. The Balaban J connectivity index is 4.30. The molecule has 0 aromatic rings.